The van der Waals surface area contributed by atoms with Gasteiger partial charge in [0.15, 0.2) is 5.78 Å². The van der Waals surface area contributed by atoms with E-state index in [0.717, 1.165) is 34.6 Å². The van der Waals surface area contributed by atoms with Crippen molar-refractivity contribution in [2.24, 2.45) is 0 Å². The SMILES string of the molecule is O=C1C[C@@H](c2ccccc2)CC2=C1[C@H](c1cccnc1)Nc1ccccc1N2. The zero-order chi connectivity index (χ0) is 18.9. The van der Waals surface area contributed by atoms with E-state index in [2.05, 4.69) is 33.8 Å². The third-order valence-electron chi connectivity index (χ3n) is 5.60. The maximum absolute atomic E-state index is 13.3. The number of pyridine rings is 1. The van der Waals surface area contributed by atoms with Crippen molar-refractivity contribution < 1.29 is 4.79 Å². The fourth-order valence-electron chi connectivity index (χ4n) is 4.25. The van der Waals surface area contributed by atoms with Crippen LogP contribution >= 0.6 is 0 Å². The fraction of sp³-hybridized carbons (Fsp3) is 0.167. The molecule has 0 bridgehead atoms. The minimum atomic E-state index is -0.205. The molecule has 0 spiro atoms. The summed E-state index contributed by atoms with van der Waals surface area (Å²) in [6.07, 6.45) is 4.94. The average molecular weight is 367 g/mol. The molecule has 0 saturated heterocycles. The number of fused-ring (bicyclic) bond motifs is 1. The van der Waals surface area contributed by atoms with Crippen LogP contribution in [0.15, 0.2) is 90.4 Å². The number of nitrogens with one attached hydrogen (secondary N) is 2. The van der Waals surface area contributed by atoms with E-state index < -0.39 is 0 Å². The highest BCUT2D eigenvalue weighted by atomic mass is 16.1. The predicted octanol–water partition coefficient (Wildman–Crippen LogP) is 5.06. The number of Topliss-reactive ketones (excluding diaryl/α,β-unsaturated/α-hetero) is 1. The number of carbonyl (C=O) groups excluding carboxylic acids is 1. The minimum absolute atomic E-state index is 0.191. The van der Waals surface area contributed by atoms with Gasteiger partial charge < -0.3 is 10.6 Å². The lowest BCUT2D eigenvalue weighted by atomic mass is 9.79. The molecule has 4 heteroatoms. The molecule has 138 valence electrons. The lowest BCUT2D eigenvalue weighted by Gasteiger charge is -2.29. The summed E-state index contributed by atoms with van der Waals surface area (Å²) >= 11 is 0. The quantitative estimate of drug-likeness (QED) is 0.665. The third kappa shape index (κ3) is 2.97. The number of carbonyl (C=O) groups is 1. The Morgan fingerprint density at radius 3 is 2.36 bits per heavy atom. The number of rotatable bonds is 2. The van der Waals surface area contributed by atoms with E-state index in [1.165, 1.54) is 5.56 Å². The molecule has 0 unspecified atom stereocenters. The van der Waals surface area contributed by atoms with Gasteiger partial charge in [0.1, 0.15) is 0 Å². The highest BCUT2D eigenvalue weighted by Gasteiger charge is 2.35. The molecule has 0 radical (unpaired) electrons. The zero-order valence-electron chi connectivity index (χ0n) is 15.4. The van der Waals surface area contributed by atoms with Gasteiger partial charge in [0, 0.05) is 30.1 Å². The molecule has 2 aromatic carbocycles. The molecule has 1 aliphatic carbocycles. The molecule has 3 aromatic rings. The minimum Gasteiger partial charge on any atom is -0.372 e. The Morgan fingerprint density at radius 2 is 1.57 bits per heavy atom. The van der Waals surface area contributed by atoms with E-state index in [1.807, 2.05) is 54.7 Å². The van der Waals surface area contributed by atoms with Crippen LogP contribution in [0.4, 0.5) is 11.4 Å². The summed E-state index contributed by atoms with van der Waals surface area (Å²) in [7, 11) is 0. The van der Waals surface area contributed by atoms with Crippen LogP contribution in [0.25, 0.3) is 0 Å². The second-order valence-electron chi connectivity index (χ2n) is 7.37. The smallest absolute Gasteiger partial charge is 0.163 e. The fourth-order valence-corrected chi connectivity index (χ4v) is 4.25. The normalized spacial score (nSPS) is 21.1. The van der Waals surface area contributed by atoms with Gasteiger partial charge in [-0.15, -0.1) is 0 Å². The molecular formula is C24H21N3O. The van der Waals surface area contributed by atoms with Gasteiger partial charge in [0.05, 0.1) is 17.4 Å². The van der Waals surface area contributed by atoms with E-state index in [4.69, 9.17) is 0 Å². The van der Waals surface area contributed by atoms with Crippen molar-refractivity contribution in [3.05, 3.63) is 102 Å². The van der Waals surface area contributed by atoms with E-state index in [9.17, 15) is 4.79 Å². The number of allylic oxidation sites excluding steroid dienone is 1. The van der Waals surface area contributed by atoms with Crippen molar-refractivity contribution in [1.82, 2.24) is 4.98 Å². The van der Waals surface area contributed by atoms with E-state index in [0.29, 0.717) is 6.42 Å². The Labute approximate surface area is 164 Å². The average Bonchev–Trinajstić information content (AvgIpc) is 2.92. The lowest BCUT2D eigenvalue weighted by molar-refractivity contribution is -0.116. The van der Waals surface area contributed by atoms with Crippen molar-refractivity contribution in [3.63, 3.8) is 0 Å². The molecule has 2 N–H and O–H groups in total. The molecule has 1 aromatic heterocycles. The summed E-state index contributed by atoms with van der Waals surface area (Å²) < 4.78 is 0. The summed E-state index contributed by atoms with van der Waals surface area (Å²) in [5.41, 5.74) is 6.05. The van der Waals surface area contributed by atoms with Gasteiger partial charge in [-0.2, -0.15) is 0 Å². The summed E-state index contributed by atoms with van der Waals surface area (Å²) in [6.45, 7) is 0. The molecule has 1 aliphatic heterocycles. The number of benzene rings is 2. The van der Waals surface area contributed by atoms with Crippen molar-refractivity contribution >= 4 is 17.2 Å². The Bertz CT molecular complexity index is 1040. The molecule has 2 atom stereocenters. The van der Waals surface area contributed by atoms with Gasteiger partial charge in [-0.3, -0.25) is 9.78 Å². The number of ketones is 1. The number of anilines is 2. The third-order valence-corrected chi connectivity index (χ3v) is 5.60. The molecule has 0 saturated carbocycles. The second-order valence-corrected chi connectivity index (χ2v) is 7.37. The highest BCUT2D eigenvalue weighted by molar-refractivity contribution is 6.01. The monoisotopic (exact) mass is 367 g/mol. The Morgan fingerprint density at radius 1 is 0.821 bits per heavy atom. The van der Waals surface area contributed by atoms with Crippen LogP contribution in [-0.4, -0.2) is 10.8 Å². The molecule has 4 nitrogen and oxygen atoms in total. The van der Waals surface area contributed by atoms with Gasteiger partial charge in [-0.1, -0.05) is 48.5 Å². The first-order valence-electron chi connectivity index (χ1n) is 9.63. The second kappa shape index (κ2) is 6.97. The lowest BCUT2D eigenvalue weighted by Crippen LogP contribution is -2.26. The number of hydrogen-bond donors (Lipinski definition) is 2. The highest BCUT2D eigenvalue weighted by Crippen LogP contribution is 2.43. The first-order chi connectivity index (χ1) is 13.8. The van der Waals surface area contributed by atoms with Crippen LogP contribution in [0.3, 0.4) is 0 Å². The summed E-state index contributed by atoms with van der Waals surface area (Å²) in [6, 6.07) is 22.2. The van der Waals surface area contributed by atoms with E-state index >= 15 is 0 Å². The molecule has 0 fully saturated rings. The van der Waals surface area contributed by atoms with E-state index in [-0.39, 0.29) is 17.7 Å². The summed E-state index contributed by atoms with van der Waals surface area (Å²) in [5, 5.41) is 7.15. The Kier molecular flexibility index (Phi) is 4.17. The Hall–Kier alpha value is -3.40. The van der Waals surface area contributed by atoms with Gasteiger partial charge in [-0.25, -0.2) is 0 Å². The van der Waals surface area contributed by atoms with Gasteiger partial charge in [0.25, 0.3) is 0 Å². The molecule has 0 amide bonds. The standard InChI is InChI=1S/C24H21N3O/c28-22-14-18(16-7-2-1-3-8-16)13-21-23(22)24(17-9-6-12-25-15-17)27-20-11-5-4-10-19(20)26-21/h1-12,15,18,24,26-27H,13-14H2/t18-,24-/m0/s1. The van der Waals surface area contributed by atoms with E-state index in [1.54, 1.807) is 6.20 Å². The van der Waals surface area contributed by atoms with Crippen LogP contribution < -0.4 is 10.6 Å². The molecular weight excluding hydrogens is 346 g/mol. The number of aromatic nitrogens is 1. The van der Waals surface area contributed by atoms with Crippen LogP contribution in [0, 0.1) is 0 Å². The first-order valence-corrected chi connectivity index (χ1v) is 9.63. The van der Waals surface area contributed by atoms with Crippen molar-refractivity contribution in [2.75, 3.05) is 10.6 Å². The number of hydrogen-bond acceptors (Lipinski definition) is 4. The van der Waals surface area contributed by atoms with Crippen molar-refractivity contribution in [1.29, 1.82) is 0 Å². The predicted molar refractivity (Wildman–Crippen MR) is 111 cm³/mol. The largest absolute Gasteiger partial charge is 0.372 e. The molecule has 5 rings (SSSR count). The van der Waals surface area contributed by atoms with Crippen molar-refractivity contribution in [3.8, 4) is 0 Å². The topological polar surface area (TPSA) is 54.0 Å². The van der Waals surface area contributed by atoms with Gasteiger partial charge >= 0.3 is 0 Å². The van der Waals surface area contributed by atoms with Crippen LogP contribution in [0.5, 0.6) is 0 Å². The number of para-hydroxylation sites is 2. The molecule has 28 heavy (non-hydrogen) atoms. The van der Waals surface area contributed by atoms with Crippen LogP contribution in [0.1, 0.15) is 35.9 Å². The summed E-state index contributed by atoms with van der Waals surface area (Å²) in [4.78, 5) is 17.6. The van der Waals surface area contributed by atoms with Gasteiger partial charge in [0.2, 0.25) is 0 Å². The van der Waals surface area contributed by atoms with Crippen LogP contribution in [0.2, 0.25) is 0 Å². The van der Waals surface area contributed by atoms with Crippen LogP contribution in [-0.2, 0) is 4.79 Å². The zero-order valence-corrected chi connectivity index (χ0v) is 15.4. The van der Waals surface area contributed by atoms with Gasteiger partial charge in [-0.05, 0) is 41.7 Å². The maximum atomic E-state index is 13.3. The number of nitrogens with zero attached hydrogens (tertiary/aromatic N) is 1. The first kappa shape index (κ1) is 16.8. The summed E-state index contributed by atoms with van der Waals surface area (Å²) in [5.74, 6) is 0.386. The Balaban J connectivity index is 1.62. The molecule has 2 heterocycles. The maximum Gasteiger partial charge on any atom is 0.163 e. The van der Waals surface area contributed by atoms with Crippen molar-refractivity contribution in [2.45, 2.75) is 24.8 Å². The molecule has 2 aliphatic rings.